The van der Waals surface area contributed by atoms with E-state index < -0.39 is 5.97 Å². The van der Waals surface area contributed by atoms with Gasteiger partial charge in [0, 0.05) is 11.1 Å². The van der Waals surface area contributed by atoms with Crippen molar-refractivity contribution in [3.63, 3.8) is 0 Å². The van der Waals surface area contributed by atoms with Gasteiger partial charge in [-0.15, -0.1) is 0 Å². The zero-order chi connectivity index (χ0) is 10.6. The van der Waals surface area contributed by atoms with Crippen LogP contribution >= 0.6 is 11.6 Å². The highest BCUT2D eigenvalue weighted by molar-refractivity contribution is 6.31. The summed E-state index contributed by atoms with van der Waals surface area (Å²) in [7, 11) is 0. The third kappa shape index (κ3) is 2.60. The fraction of sp³-hybridized carbons (Fsp3) is 0.182. The number of carboxylic acids is 1. The average Bonchev–Trinajstić information content (AvgIpc) is 2.14. The minimum Gasteiger partial charge on any atom is -0.478 e. The molecule has 1 aromatic rings. The zero-order valence-corrected chi connectivity index (χ0v) is 8.58. The molecule has 0 atom stereocenters. The maximum absolute atomic E-state index is 10.3. The fourth-order valence-corrected chi connectivity index (χ4v) is 1.58. The third-order valence-corrected chi connectivity index (χ3v) is 2.27. The van der Waals surface area contributed by atoms with E-state index in [1.807, 2.05) is 19.1 Å². The molecule has 0 saturated heterocycles. The van der Waals surface area contributed by atoms with E-state index in [-0.39, 0.29) is 0 Å². The summed E-state index contributed by atoms with van der Waals surface area (Å²) in [4.78, 5) is 10.3. The largest absolute Gasteiger partial charge is 0.478 e. The van der Waals surface area contributed by atoms with Gasteiger partial charge in [-0.25, -0.2) is 4.79 Å². The van der Waals surface area contributed by atoms with Crippen LogP contribution in [0.2, 0.25) is 5.02 Å². The molecule has 0 saturated carbocycles. The summed E-state index contributed by atoms with van der Waals surface area (Å²) in [5, 5.41) is 9.17. The highest BCUT2D eigenvalue weighted by Gasteiger charge is 2.01. The van der Waals surface area contributed by atoms with Gasteiger partial charge in [-0.1, -0.05) is 30.7 Å². The van der Waals surface area contributed by atoms with Crippen molar-refractivity contribution in [3.05, 3.63) is 40.4 Å². The number of carboxylic acid groups (broad SMARTS) is 1. The number of halogens is 1. The molecular weight excluding hydrogens is 200 g/mol. The van der Waals surface area contributed by atoms with Gasteiger partial charge in [-0.3, -0.25) is 0 Å². The lowest BCUT2D eigenvalue weighted by Gasteiger charge is -2.04. The van der Waals surface area contributed by atoms with Gasteiger partial charge in [0.05, 0.1) is 0 Å². The lowest BCUT2D eigenvalue weighted by atomic mass is 10.0. The van der Waals surface area contributed by atoms with Crippen molar-refractivity contribution in [2.45, 2.75) is 13.3 Å². The Bertz CT molecular complexity index is 370. The van der Waals surface area contributed by atoms with E-state index in [4.69, 9.17) is 16.7 Å². The van der Waals surface area contributed by atoms with Gasteiger partial charge in [0.1, 0.15) is 0 Å². The maximum Gasteiger partial charge on any atom is 0.328 e. The van der Waals surface area contributed by atoms with Crippen molar-refractivity contribution < 1.29 is 9.90 Å². The zero-order valence-electron chi connectivity index (χ0n) is 7.83. The summed E-state index contributed by atoms with van der Waals surface area (Å²) < 4.78 is 0. The Morgan fingerprint density at radius 1 is 1.57 bits per heavy atom. The first-order valence-corrected chi connectivity index (χ1v) is 4.71. The number of aliphatic carboxylic acids is 1. The van der Waals surface area contributed by atoms with Crippen LogP contribution in [0.1, 0.15) is 18.1 Å². The third-order valence-electron chi connectivity index (χ3n) is 1.91. The number of hydrogen-bond donors (Lipinski definition) is 1. The molecule has 0 aliphatic rings. The van der Waals surface area contributed by atoms with Gasteiger partial charge in [-0.05, 0) is 29.7 Å². The molecule has 0 fully saturated rings. The van der Waals surface area contributed by atoms with Gasteiger partial charge in [0.15, 0.2) is 0 Å². The SMILES string of the molecule is CCc1c(Cl)cccc1/C=C/C(=O)O. The van der Waals surface area contributed by atoms with Gasteiger partial charge in [-0.2, -0.15) is 0 Å². The molecule has 0 bridgehead atoms. The summed E-state index contributed by atoms with van der Waals surface area (Å²) in [5.41, 5.74) is 1.84. The summed E-state index contributed by atoms with van der Waals surface area (Å²) in [6.07, 6.45) is 3.47. The summed E-state index contributed by atoms with van der Waals surface area (Å²) in [6.45, 7) is 1.99. The average molecular weight is 211 g/mol. The molecule has 0 aromatic heterocycles. The molecule has 0 aliphatic carbocycles. The summed E-state index contributed by atoms with van der Waals surface area (Å²) in [6, 6.07) is 5.46. The van der Waals surface area contributed by atoms with Crippen LogP contribution in [-0.4, -0.2) is 11.1 Å². The van der Waals surface area contributed by atoms with Gasteiger partial charge in [0.2, 0.25) is 0 Å². The first-order chi connectivity index (χ1) is 6.65. The minimum absolute atomic E-state index is 0.681. The van der Waals surface area contributed by atoms with E-state index in [1.165, 1.54) is 0 Å². The Balaban J connectivity index is 3.08. The smallest absolute Gasteiger partial charge is 0.328 e. The second-order valence-electron chi connectivity index (χ2n) is 2.83. The normalized spacial score (nSPS) is 10.7. The van der Waals surface area contributed by atoms with Crippen LogP contribution in [0.3, 0.4) is 0 Å². The van der Waals surface area contributed by atoms with Crippen LogP contribution in [0.15, 0.2) is 24.3 Å². The van der Waals surface area contributed by atoms with Crippen LogP contribution in [0.25, 0.3) is 6.08 Å². The molecule has 0 aliphatic heterocycles. The Kier molecular flexibility index (Phi) is 3.72. The van der Waals surface area contributed by atoms with Crippen molar-refractivity contribution in [2.24, 2.45) is 0 Å². The molecule has 0 radical (unpaired) electrons. The topological polar surface area (TPSA) is 37.3 Å². The molecule has 1 aromatic carbocycles. The molecule has 14 heavy (non-hydrogen) atoms. The highest BCUT2D eigenvalue weighted by Crippen LogP contribution is 2.21. The van der Waals surface area contributed by atoms with Gasteiger partial charge < -0.3 is 5.11 Å². The Morgan fingerprint density at radius 3 is 2.86 bits per heavy atom. The number of hydrogen-bond acceptors (Lipinski definition) is 1. The Hall–Kier alpha value is -1.28. The fourth-order valence-electron chi connectivity index (χ4n) is 1.27. The molecular formula is C11H11ClO2. The standard InChI is InChI=1S/C11H11ClO2/c1-2-9-8(6-7-11(13)14)4-3-5-10(9)12/h3-7H,2H2,1H3,(H,13,14)/b7-6+. The maximum atomic E-state index is 10.3. The van der Waals surface area contributed by atoms with Crippen molar-refractivity contribution in [2.75, 3.05) is 0 Å². The molecule has 0 heterocycles. The number of carbonyl (C=O) groups is 1. The first kappa shape index (κ1) is 10.8. The van der Waals surface area contributed by atoms with Crippen molar-refractivity contribution in [1.82, 2.24) is 0 Å². The van der Waals surface area contributed by atoms with Crippen molar-refractivity contribution >= 4 is 23.6 Å². The predicted octanol–water partition coefficient (Wildman–Crippen LogP) is 3.00. The summed E-state index contributed by atoms with van der Waals surface area (Å²) >= 11 is 5.96. The first-order valence-electron chi connectivity index (χ1n) is 4.33. The minimum atomic E-state index is -0.952. The Morgan fingerprint density at radius 2 is 2.29 bits per heavy atom. The van der Waals surface area contributed by atoms with Gasteiger partial charge in [0.25, 0.3) is 0 Å². The molecule has 74 valence electrons. The highest BCUT2D eigenvalue weighted by atomic mass is 35.5. The molecule has 1 rings (SSSR count). The lowest BCUT2D eigenvalue weighted by Crippen LogP contribution is -1.90. The monoisotopic (exact) mass is 210 g/mol. The molecule has 1 N–H and O–H groups in total. The van der Waals surface area contributed by atoms with Crippen LogP contribution in [0.5, 0.6) is 0 Å². The van der Waals surface area contributed by atoms with E-state index in [9.17, 15) is 4.79 Å². The molecule has 0 unspecified atom stereocenters. The van der Waals surface area contributed by atoms with Crippen molar-refractivity contribution in [3.8, 4) is 0 Å². The van der Waals surface area contributed by atoms with Gasteiger partial charge >= 0.3 is 5.97 Å². The van der Waals surface area contributed by atoms with Crippen LogP contribution in [0, 0.1) is 0 Å². The predicted molar refractivity (Wildman–Crippen MR) is 57.5 cm³/mol. The number of rotatable bonds is 3. The second-order valence-corrected chi connectivity index (χ2v) is 3.24. The van der Waals surface area contributed by atoms with E-state index in [0.717, 1.165) is 23.6 Å². The van der Waals surface area contributed by atoms with E-state index in [2.05, 4.69) is 0 Å². The van der Waals surface area contributed by atoms with E-state index in [1.54, 1.807) is 12.1 Å². The lowest BCUT2D eigenvalue weighted by molar-refractivity contribution is -0.131. The quantitative estimate of drug-likeness (QED) is 0.779. The molecule has 3 heteroatoms. The van der Waals surface area contributed by atoms with Crippen LogP contribution in [-0.2, 0) is 11.2 Å². The number of benzene rings is 1. The van der Waals surface area contributed by atoms with E-state index in [0.29, 0.717) is 5.02 Å². The molecule has 2 nitrogen and oxygen atoms in total. The Labute approximate surface area is 87.8 Å². The van der Waals surface area contributed by atoms with Crippen LogP contribution < -0.4 is 0 Å². The van der Waals surface area contributed by atoms with E-state index >= 15 is 0 Å². The molecule has 0 spiro atoms. The summed E-state index contributed by atoms with van der Waals surface area (Å²) in [5.74, 6) is -0.952. The second kappa shape index (κ2) is 4.82. The van der Waals surface area contributed by atoms with Crippen LogP contribution in [0.4, 0.5) is 0 Å². The molecule has 0 amide bonds. The van der Waals surface area contributed by atoms with Crippen molar-refractivity contribution in [1.29, 1.82) is 0 Å².